The monoisotopic (exact) mass is 408 g/mol. The van der Waals surface area contributed by atoms with Crippen LogP contribution in [0.2, 0.25) is 0 Å². The number of aryl methyl sites for hydroxylation is 1. The average Bonchev–Trinajstić information content (AvgIpc) is 2.98. The van der Waals surface area contributed by atoms with Crippen molar-refractivity contribution in [2.45, 2.75) is 13.8 Å². The van der Waals surface area contributed by atoms with Gasteiger partial charge < -0.3 is 14.8 Å². The first kappa shape index (κ1) is 18.4. The molecule has 3 heterocycles. The van der Waals surface area contributed by atoms with Gasteiger partial charge in [-0.25, -0.2) is 18.7 Å². The van der Waals surface area contributed by atoms with Gasteiger partial charge in [0, 0.05) is 23.5 Å². The minimum absolute atomic E-state index is 0.368. The molecule has 5 rings (SSSR count). The topological polar surface area (TPSA) is 61.2 Å². The maximum atomic E-state index is 13.8. The summed E-state index contributed by atoms with van der Waals surface area (Å²) in [4.78, 5) is 8.80. The number of halogens is 2. The Kier molecular flexibility index (Phi) is 4.27. The summed E-state index contributed by atoms with van der Waals surface area (Å²) in [6.07, 6.45) is 1.42. The summed E-state index contributed by atoms with van der Waals surface area (Å²) in [5, 5.41) is 4.08. The molecule has 1 aliphatic rings. The first-order valence-electron chi connectivity index (χ1n) is 9.47. The normalized spacial score (nSPS) is 12.9. The van der Waals surface area contributed by atoms with Crippen LogP contribution in [0.1, 0.15) is 11.3 Å². The zero-order valence-electron chi connectivity index (χ0n) is 16.4. The van der Waals surface area contributed by atoms with E-state index in [1.54, 1.807) is 4.57 Å². The van der Waals surface area contributed by atoms with Crippen LogP contribution in [0.3, 0.4) is 0 Å². The number of ether oxygens (including phenoxy) is 2. The molecule has 30 heavy (non-hydrogen) atoms. The van der Waals surface area contributed by atoms with Crippen molar-refractivity contribution >= 4 is 22.5 Å². The van der Waals surface area contributed by atoms with Gasteiger partial charge >= 0.3 is 0 Å². The van der Waals surface area contributed by atoms with Gasteiger partial charge in [0.25, 0.3) is 0 Å². The Hall–Kier alpha value is -3.68. The molecule has 2 aromatic heterocycles. The number of nitrogens with one attached hydrogen (secondary N) is 1. The van der Waals surface area contributed by atoms with Crippen LogP contribution in [0.15, 0.2) is 42.7 Å². The maximum absolute atomic E-state index is 13.8. The molecule has 4 aromatic rings. The van der Waals surface area contributed by atoms with Crippen molar-refractivity contribution in [3.05, 3.63) is 65.6 Å². The predicted octanol–water partition coefficient (Wildman–Crippen LogP) is 4.83. The maximum Gasteiger partial charge on any atom is 0.163 e. The molecule has 0 radical (unpaired) electrons. The Balaban J connectivity index is 1.63. The number of nitrogens with zero attached hydrogens (tertiary/aromatic N) is 3. The Bertz CT molecular complexity index is 1270. The number of hydrogen-bond donors (Lipinski definition) is 1. The number of rotatable bonds is 3. The molecule has 0 unspecified atom stereocenters. The molecular formula is C22H18F2N4O2. The third-order valence-corrected chi connectivity index (χ3v) is 5.20. The van der Waals surface area contributed by atoms with Crippen molar-refractivity contribution in [3.63, 3.8) is 0 Å². The molecule has 1 N–H and O–H groups in total. The summed E-state index contributed by atoms with van der Waals surface area (Å²) in [6, 6.07) is 8.98. The van der Waals surface area contributed by atoms with Gasteiger partial charge in [0.1, 0.15) is 37.0 Å². The Morgan fingerprint density at radius 2 is 1.67 bits per heavy atom. The van der Waals surface area contributed by atoms with Crippen molar-refractivity contribution in [3.8, 4) is 17.2 Å². The van der Waals surface area contributed by atoms with Crippen LogP contribution in [0, 0.1) is 25.5 Å². The molecule has 0 aliphatic carbocycles. The van der Waals surface area contributed by atoms with Crippen LogP contribution in [-0.4, -0.2) is 27.7 Å². The summed E-state index contributed by atoms with van der Waals surface area (Å²) < 4.78 is 40.6. The summed E-state index contributed by atoms with van der Waals surface area (Å²) in [5.74, 6) is 0.663. The van der Waals surface area contributed by atoms with E-state index in [9.17, 15) is 8.78 Å². The SMILES string of the molecule is Cc1c(C)n(-c2cc(F)cc(F)c2)c2ncnc(Nc3ccc4c(c3)OCCO4)c12. The van der Waals surface area contributed by atoms with Crippen molar-refractivity contribution in [2.24, 2.45) is 0 Å². The molecule has 0 bridgehead atoms. The van der Waals surface area contributed by atoms with E-state index < -0.39 is 11.6 Å². The van der Waals surface area contributed by atoms with Crippen LogP contribution in [0.5, 0.6) is 11.5 Å². The van der Waals surface area contributed by atoms with E-state index >= 15 is 0 Å². The highest BCUT2D eigenvalue weighted by Gasteiger charge is 2.19. The van der Waals surface area contributed by atoms with Gasteiger partial charge in [0.05, 0.1) is 11.1 Å². The fraction of sp³-hybridized carbons (Fsp3) is 0.182. The number of aromatic nitrogens is 3. The highest BCUT2D eigenvalue weighted by Crippen LogP contribution is 2.36. The molecule has 0 saturated carbocycles. The van der Waals surface area contributed by atoms with Crippen LogP contribution in [0.25, 0.3) is 16.7 Å². The molecule has 8 heteroatoms. The molecule has 0 amide bonds. The van der Waals surface area contributed by atoms with E-state index in [0.717, 1.165) is 28.4 Å². The fourth-order valence-electron chi connectivity index (χ4n) is 3.74. The molecule has 1 aliphatic heterocycles. The molecular weight excluding hydrogens is 390 g/mol. The highest BCUT2D eigenvalue weighted by molar-refractivity contribution is 5.94. The second kappa shape index (κ2) is 6.98. The van der Waals surface area contributed by atoms with Crippen molar-refractivity contribution in [1.29, 1.82) is 0 Å². The Morgan fingerprint density at radius 3 is 2.43 bits per heavy atom. The highest BCUT2D eigenvalue weighted by atomic mass is 19.1. The second-order valence-electron chi connectivity index (χ2n) is 7.08. The molecule has 6 nitrogen and oxygen atoms in total. The zero-order valence-corrected chi connectivity index (χ0v) is 16.4. The van der Waals surface area contributed by atoms with Gasteiger partial charge in [-0.1, -0.05) is 0 Å². The van der Waals surface area contributed by atoms with Crippen LogP contribution >= 0.6 is 0 Å². The standard InChI is InChI=1S/C22H18F2N4O2/c1-12-13(2)28(17-8-14(23)7-15(24)9-17)22-20(12)21(25-11-26-22)27-16-3-4-18-19(10-16)30-6-5-29-18/h3-4,7-11H,5-6H2,1-2H3,(H,25,26,27). The number of fused-ring (bicyclic) bond motifs is 2. The van der Waals surface area contributed by atoms with Gasteiger partial charge in [0.2, 0.25) is 0 Å². The van der Waals surface area contributed by atoms with E-state index in [1.807, 2.05) is 32.0 Å². The molecule has 0 atom stereocenters. The Morgan fingerprint density at radius 1 is 0.933 bits per heavy atom. The predicted molar refractivity (Wildman–Crippen MR) is 109 cm³/mol. The van der Waals surface area contributed by atoms with E-state index in [4.69, 9.17) is 9.47 Å². The van der Waals surface area contributed by atoms with Gasteiger partial charge in [-0.3, -0.25) is 4.57 Å². The van der Waals surface area contributed by atoms with E-state index in [-0.39, 0.29) is 0 Å². The molecule has 0 spiro atoms. The third-order valence-electron chi connectivity index (χ3n) is 5.20. The smallest absolute Gasteiger partial charge is 0.163 e. The van der Waals surface area contributed by atoms with Gasteiger partial charge in [-0.05, 0) is 43.7 Å². The first-order chi connectivity index (χ1) is 14.5. The summed E-state index contributed by atoms with van der Waals surface area (Å²) >= 11 is 0. The van der Waals surface area contributed by atoms with Gasteiger partial charge in [-0.2, -0.15) is 0 Å². The van der Waals surface area contributed by atoms with Gasteiger partial charge in [0.15, 0.2) is 17.1 Å². The van der Waals surface area contributed by atoms with E-state index in [2.05, 4.69) is 15.3 Å². The van der Waals surface area contributed by atoms with Crippen LogP contribution < -0.4 is 14.8 Å². The van der Waals surface area contributed by atoms with Crippen LogP contribution in [-0.2, 0) is 0 Å². The van der Waals surface area contributed by atoms with Crippen molar-refractivity contribution < 1.29 is 18.3 Å². The quantitative estimate of drug-likeness (QED) is 0.526. The lowest BCUT2D eigenvalue weighted by atomic mass is 10.2. The lowest BCUT2D eigenvalue weighted by Gasteiger charge is -2.19. The minimum atomic E-state index is -0.646. The third kappa shape index (κ3) is 3.01. The fourth-order valence-corrected chi connectivity index (χ4v) is 3.74. The molecule has 0 saturated heterocycles. The minimum Gasteiger partial charge on any atom is -0.486 e. The number of benzene rings is 2. The van der Waals surface area contributed by atoms with Crippen LogP contribution in [0.4, 0.5) is 20.3 Å². The summed E-state index contributed by atoms with van der Waals surface area (Å²) in [6.45, 7) is 4.84. The molecule has 2 aromatic carbocycles. The second-order valence-corrected chi connectivity index (χ2v) is 7.08. The van der Waals surface area contributed by atoms with Crippen molar-refractivity contribution in [2.75, 3.05) is 18.5 Å². The Labute approximate surface area is 171 Å². The van der Waals surface area contributed by atoms with E-state index in [1.165, 1.54) is 18.5 Å². The molecule has 0 fully saturated rings. The zero-order chi connectivity index (χ0) is 20.8. The molecule has 152 valence electrons. The first-order valence-corrected chi connectivity index (χ1v) is 9.47. The lowest BCUT2D eigenvalue weighted by Crippen LogP contribution is -2.15. The average molecular weight is 408 g/mol. The summed E-state index contributed by atoms with van der Waals surface area (Å²) in [5.41, 5.74) is 3.44. The van der Waals surface area contributed by atoms with Gasteiger partial charge in [-0.15, -0.1) is 0 Å². The number of hydrogen-bond acceptors (Lipinski definition) is 5. The number of anilines is 2. The van der Waals surface area contributed by atoms with Crippen molar-refractivity contribution in [1.82, 2.24) is 14.5 Å². The van der Waals surface area contributed by atoms with E-state index in [0.29, 0.717) is 41.9 Å². The summed E-state index contributed by atoms with van der Waals surface area (Å²) in [7, 11) is 0. The lowest BCUT2D eigenvalue weighted by molar-refractivity contribution is 0.171. The largest absolute Gasteiger partial charge is 0.486 e.